The first-order valence-electron chi connectivity index (χ1n) is 7.86. The molecule has 0 aliphatic carbocycles. The number of aromatic nitrogens is 1. The molecule has 0 fully saturated rings. The summed E-state index contributed by atoms with van der Waals surface area (Å²) in [7, 11) is -4.17. The van der Waals surface area contributed by atoms with Gasteiger partial charge in [0.25, 0.3) is 10.0 Å². The zero-order valence-corrected chi connectivity index (χ0v) is 15.3. The monoisotopic (exact) mass is 402 g/mol. The first-order valence-corrected chi connectivity index (χ1v) is 10.2. The van der Waals surface area contributed by atoms with E-state index in [1.165, 1.54) is 11.3 Å². The van der Waals surface area contributed by atoms with Crippen LogP contribution in [0.1, 0.15) is 0 Å². The first kappa shape index (κ1) is 17.6. The van der Waals surface area contributed by atoms with Crippen molar-refractivity contribution in [3.05, 3.63) is 78.4 Å². The lowest BCUT2D eigenvalue weighted by molar-refractivity contribution is 0.568. The molecule has 0 amide bonds. The molecule has 3 aromatic carbocycles. The van der Waals surface area contributed by atoms with Gasteiger partial charge in [0.1, 0.15) is 16.6 Å². The number of hydrogen-bond donors (Lipinski definition) is 1. The quantitative estimate of drug-likeness (QED) is 0.520. The van der Waals surface area contributed by atoms with Gasteiger partial charge in [-0.25, -0.2) is 22.2 Å². The fraction of sp³-hybridized carbons (Fsp3) is 0. The Morgan fingerprint density at radius 2 is 1.56 bits per heavy atom. The molecule has 8 heteroatoms. The molecule has 0 unspecified atom stereocenters. The number of hydrogen-bond acceptors (Lipinski definition) is 4. The summed E-state index contributed by atoms with van der Waals surface area (Å²) in [5.74, 6) is -1.93. The fourth-order valence-electron chi connectivity index (χ4n) is 2.63. The van der Waals surface area contributed by atoms with Gasteiger partial charge in [0.15, 0.2) is 0 Å². The number of halogens is 2. The highest BCUT2D eigenvalue weighted by Gasteiger charge is 2.19. The summed E-state index contributed by atoms with van der Waals surface area (Å²) < 4.78 is 55.4. The van der Waals surface area contributed by atoms with Crippen LogP contribution in [0.4, 0.5) is 14.5 Å². The summed E-state index contributed by atoms with van der Waals surface area (Å²) in [6.45, 7) is 0. The maximum atomic E-state index is 13.4. The van der Waals surface area contributed by atoms with E-state index in [0.717, 1.165) is 22.3 Å². The van der Waals surface area contributed by atoms with Gasteiger partial charge in [0, 0.05) is 11.6 Å². The Kier molecular flexibility index (Phi) is 4.37. The van der Waals surface area contributed by atoms with Crippen LogP contribution in [0.2, 0.25) is 0 Å². The molecule has 0 aliphatic heterocycles. The summed E-state index contributed by atoms with van der Waals surface area (Å²) in [5.41, 5.74) is 1.67. The predicted molar refractivity (Wildman–Crippen MR) is 102 cm³/mol. The van der Waals surface area contributed by atoms with Crippen LogP contribution in [-0.4, -0.2) is 13.4 Å². The minimum atomic E-state index is -4.17. The van der Waals surface area contributed by atoms with Gasteiger partial charge in [0.05, 0.1) is 20.8 Å². The van der Waals surface area contributed by atoms with E-state index in [4.69, 9.17) is 0 Å². The van der Waals surface area contributed by atoms with Crippen molar-refractivity contribution >= 4 is 37.3 Å². The van der Waals surface area contributed by atoms with Crippen molar-refractivity contribution in [3.8, 4) is 10.6 Å². The third-order valence-electron chi connectivity index (χ3n) is 3.84. The molecule has 0 saturated carbocycles. The molecule has 27 heavy (non-hydrogen) atoms. The average Bonchev–Trinajstić information content (AvgIpc) is 3.05. The SMILES string of the molecule is O=S(=O)(Nc1ccccc1-c1nc2ccccc2s1)c1cc(F)cc(F)c1. The topological polar surface area (TPSA) is 59.1 Å². The van der Waals surface area contributed by atoms with Crippen molar-refractivity contribution in [1.29, 1.82) is 0 Å². The minimum Gasteiger partial charge on any atom is -0.279 e. The normalized spacial score (nSPS) is 11.6. The molecular formula is C19H12F2N2O2S2. The maximum Gasteiger partial charge on any atom is 0.262 e. The molecule has 0 radical (unpaired) electrons. The number of nitrogens with one attached hydrogen (secondary N) is 1. The van der Waals surface area contributed by atoms with Gasteiger partial charge in [-0.2, -0.15) is 0 Å². The highest BCUT2D eigenvalue weighted by molar-refractivity contribution is 7.92. The Balaban J connectivity index is 1.77. The van der Waals surface area contributed by atoms with E-state index < -0.39 is 26.6 Å². The van der Waals surface area contributed by atoms with Gasteiger partial charge < -0.3 is 0 Å². The number of rotatable bonds is 4. The minimum absolute atomic E-state index is 0.279. The maximum absolute atomic E-state index is 13.4. The molecular weight excluding hydrogens is 390 g/mol. The fourth-order valence-corrected chi connectivity index (χ4v) is 4.76. The average molecular weight is 402 g/mol. The van der Waals surface area contributed by atoms with Crippen LogP contribution >= 0.6 is 11.3 Å². The predicted octanol–water partition coefficient (Wildman–Crippen LogP) is 5.04. The van der Waals surface area contributed by atoms with Crippen molar-refractivity contribution in [3.63, 3.8) is 0 Å². The van der Waals surface area contributed by atoms with E-state index in [0.29, 0.717) is 16.6 Å². The Bertz CT molecular complexity index is 1200. The second kappa shape index (κ2) is 6.71. The highest BCUT2D eigenvalue weighted by Crippen LogP contribution is 2.35. The lowest BCUT2D eigenvalue weighted by Crippen LogP contribution is -2.14. The van der Waals surface area contributed by atoms with Crippen LogP contribution in [0, 0.1) is 11.6 Å². The molecule has 0 atom stereocenters. The largest absolute Gasteiger partial charge is 0.279 e. The number of sulfonamides is 1. The van der Waals surface area contributed by atoms with Gasteiger partial charge in [-0.05, 0) is 36.4 Å². The molecule has 4 rings (SSSR count). The Morgan fingerprint density at radius 1 is 0.889 bits per heavy atom. The third-order valence-corrected chi connectivity index (χ3v) is 6.26. The van der Waals surface area contributed by atoms with E-state index in [9.17, 15) is 17.2 Å². The number of benzene rings is 3. The Hall–Kier alpha value is -2.84. The van der Waals surface area contributed by atoms with Gasteiger partial charge in [-0.3, -0.25) is 4.72 Å². The Labute approximate surface area is 158 Å². The molecule has 4 aromatic rings. The van der Waals surface area contributed by atoms with Crippen LogP contribution in [-0.2, 0) is 10.0 Å². The highest BCUT2D eigenvalue weighted by atomic mass is 32.2. The van der Waals surface area contributed by atoms with Crippen molar-refractivity contribution in [1.82, 2.24) is 4.98 Å². The van der Waals surface area contributed by atoms with Gasteiger partial charge in [-0.15, -0.1) is 11.3 Å². The standard InChI is InChI=1S/C19H12F2N2O2S2/c20-12-9-13(21)11-14(10-12)27(24,25)23-16-6-2-1-5-15(16)19-22-17-7-3-4-8-18(17)26-19/h1-11,23H. The molecule has 1 aromatic heterocycles. The van der Waals surface area contributed by atoms with Gasteiger partial charge >= 0.3 is 0 Å². The molecule has 0 bridgehead atoms. The lowest BCUT2D eigenvalue weighted by Gasteiger charge is -2.11. The smallest absolute Gasteiger partial charge is 0.262 e. The molecule has 4 nitrogen and oxygen atoms in total. The Morgan fingerprint density at radius 3 is 2.30 bits per heavy atom. The number of thiazole rings is 1. The van der Waals surface area contributed by atoms with Crippen molar-refractivity contribution < 1.29 is 17.2 Å². The van der Waals surface area contributed by atoms with Crippen molar-refractivity contribution in [2.45, 2.75) is 4.90 Å². The van der Waals surface area contributed by atoms with E-state index in [1.807, 2.05) is 24.3 Å². The molecule has 0 aliphatic rings. The van der Waals surface area contributed by atoms with E-state index >= 15 is 0 Å². The number of nitrogens with zero attached hydrogens (tertiary/aromatic N) is 1. The van der Waals surface area contributed by atoms with E-state index in [-0.39, 0.29) is 5.69 Å². The number of fused-ring (bicyclic) bond motifs is 1. The van der Waals surface area contributed by atoms with Crippen molar-refractivity contribution in [2.24, 2.45) is 0 Å². The van der Waals surface area contributed by atoms with Crippen LogP contribution in [0.3, 0.4) is 0 Å². The van der Waals surface area contributed by atoms with Crippen LogP contribution in [0.15, 0.2) is 71.6 Å². The number of para-hydroxylation sites is 2. The third kappa shape index (κ3) is 3.54. The van der Waals surface area contributed by atoms with Crippen LogP contribution in [0.5, 0.6) is 0 Å². The summed E-state index contributed by atoms with van der Waals surface area (Å²) >= 11 is 1.43. The lowest BCUT2D eigenvalue weighted by atomic mass is 10.2. The summed E-state index contributed by atoms with van der Waals surface area (Å²) in [6, 6.07) is 16.5. The van der Waals surface area contributed by atoms with Gasteiger partial charge in [0.2, 0.25) is 0 Å². The summed E-state index contributed by atoms with van der Waals surface area (Å²) in [4.78, 5) is 4.05. The van der Waals surface area contributed by atoms with E-state index in [2.05, 4.69) is 9.71 Å². The molecule has 0 saturated heterocycles. The first-order chi connectivity index (χ1) is 12.9. The van der Waals surface area contributed by atoms with Crippen LogP contribution in [0.25, 0.3) is 20.8 Å². The molecule has 0 spiro atoms. The molecule has 136 valence electrons. The molecule has 1 N–H and O–H groups in total. The van der Waals surface area contributed by atoms with Gasteiger partial charge in [-0.1, -0.05) is 24.3 Å². The van der Waals surface area contributed by atoms with Crippen molar-refractivity contribution in [2.75, 3.05) is 4.72 Å². The zero-order valence-electron chi connectivity index (χ0n) is 13.7. The van der Waals surface area contributed by atoms with Crippen LogP contribution < -0.4 is 4.72 Å². The zero-order chi connectivity index (χ0) is 19.0. The second-order valence-electron chi connectivity index (χ2n) is 5.74. The van der Waals surface area contributed by atoms with E-state index in [1.54, 1.807) is 24.3 Å². The summed E-state index contributed by atoms with van der Waals surface area (Å²) in [6.07, 6.45) is 0. The summed E-state index contributed by atoms with van der Waals surface area (Å²) in [5, 5.41) is 0.639. The molecule has 1 heterocycles. The second-order valence-corrected chi connectivity index (χ2v) is 8.46. The number of anilines is 1.